The Morgan fingerprint density at radius 3 is 2.52 bits per heavy atom. The van der Waals surface area contributed by atoms with E-state index < -0.39 is 0 Å². The second-order valence-electron chi connectivity index (χ2n) is 7.63. The monoisotopic (exact) mass is 484 g/mol. The summed E-state index contributed by atoms with van der Waals surface area (Å²) in [4.78, 5) is 41.8. The summed E-state index contributed by atoms with van der Waals surface area (Å²) in [5.41, 5.74) is 1.13. The van der Waals surface area contributed by atoms with Crippen molar-refractivity contribution >= 4 is 45.9 Å². The van der Waals surface area contributed by atoms with Gasteiger partial charge in [0.1, 0.15) is 17.4 Å². The minimum absolute atomic E-state index is 0.00624. The zero-order chi connectivity index (χ0) is 23.5. The van der Waals surface area contributed by atoms with E-state index in [2.05, 4.69) is 20.3 Å². The quantitative estimate of drug-likeness (QED) is 0.566. The lowest BCUT2D eigenvalue weighted by molar-refractivity contribution is -0.130. The van der Waals surface area contributed by atoms with Gasteiger partial charge in [-0.15, -0.1) is 0 Å². The Hall–Kier alpha value is -3.18. The maximum Gasteiger partial charge on any atom is 0.257 e. The molecule has 11 heteroatoms. The highest BCUT2D eigenvalue weighted by atomic mass is 32.2. The summed E-state index contributed by atoms with van der Waals surface area (Å²) in [6, 6.07) is 6.86. The Bertz CT molecular complexity index is 1170. The van der Waals surface area contributed by atoms with Crippen molar-refractivity contribution in [3.05, 3.63) is 47.5 Å². The topological polar surface area (TPSA) is 112 Å². The molecule has 1 saturated heterocycles. The molecular weight excluding hydrogens is 460 g/mol. The molecule has 0 bridgehead atoms. The fourth-order valence-electron chi connectivity index (χ4n) is 3.52. The minimum Gasteiger partial charge on any atom is -0.507 e. The molecule has 172 valence electrons. The molecule has 2 N–H and O–H groups in total. The molecule has 9 nitrogen and oxygen atoms in total. The van der Waals surface area contributed by atoms with Crippen LogP contribution < -0.4 is 5.32 Å². The highest BCUT2D eigenvalue weighted by molar-refractivity contribution is 8.01. The van der Waals surface area contributed by atoms with Crippen molar-refractivity contribution in [1.29, 1.82) is 0 Å². The summed E-state index contributed by atoms with van der Waals surface area (Å²) in [5.74, 6) is 1.09. The molecule has 0 spiro atoms. The van der Waals surface area contributed by atoms with Gasteiger partial charge in [0.15, 0.2) is 5.13 Å². The Morgan fingerprint density at radius 1 is 1.09 bits per heavy atom. The number of rotatable bonds is 5. The average Bonchev–Trinajstić information content (AvgIpc) is 3.20. The van der Waals surface area contributed by atoms with E-state index in [0.29, 0.717) is 43.0 Å². The Kier molecular flexibility index (Phi) is 6.80. The van der Waals surface area contributed by atoms with E-state index in [1.165, 1.54) is 36.1 Å². The summed E-state index contributed by atoms with van der Waals surface area (Å²) in [5, 5.41) is 14.2. The second-order valence-corrected chi connectivity index (χ2v) is 10.0. The number of aromatic nitrogens is 3. The lowest BCUT2D eigenvalue weighted by Gasteiger charge is -2.34. The van der Waals surface area contributed by atoms with Gasteiger partial charge >= 0.3 is 0 Å². The van der Waals surface area contributed by atoms with Crippen LogP contribution in [0.15, 0.2) is 39.6 Å². The van der Waals surface area contributed by atoms with Crippen LogP contribution in [-0.4, -0.2) is 67.9 Å². The number of hydrogen-bond donors (Lipinski definition) is 2. The van der Waals surface area contributed by atoms with Crippen LogP contribution in [0.2, 0.25) is 0 Å². The van der Waals surface area contributed by atoms with E-state index in [4.69, 9.17) is 0 Å². The number of amides is 2. The standard InChI is InChI=1S/C22H24N6O3S2/c1-13-10-19(25-14(2)24-13)26-22-23-12-20(33-22)32-16-4-5-18(30)17(11-16)21(31)28-8-6-27(7-9-28)15(3)29/h4-5,10-12,30H,6-9H2,1-3H3,(H,23,24,25,26). The van der Waals surface area contributed by atoms with Crippen molar-refractivity contribution in [2.24, 2.45) is 0 Å². The molecule has 2 amide bonds. The van der Waals surface area contributed by atoms with Crippen molar-refractivity contribution < 1.29 is 14.7 Å². The third-order valence-electron chi connectivity index (χ3n) is 5.11. The average molecular weight is 485 g/mol. The number of carbonyl (C=O) groups excluding carboxylic acids is 2. The summed E-state index contributed by atoms with van der Waals surface area (Å²) in [6.45, 7) is 7.17. The van der Waals surface area contributed by atoms with Gasteiger partial charge < -0.3 is 20.2 Å². The number of piperazine rings is 1. The van der Waals surface area contributed by atoms with Crippen LogP contribution in [0.25, 0.3) is 0 Å². The molecule has 1 aliphatic rings. The van der Waals surface area contributed by atoms with Crippen LogP contribution >= 0.6 is 23.1 Å². The second kappa shape index (κ2) is 9.75. The van der Waals surface area contributed by atoms with E-state index in [9.17, 15) is 14.7 Å². The molecule has 3 aromatic rings. The molecule has 0 atom stereocenters. The zero-order valence-corrected chi connectivity index (χ0v) is 20.2. The van der Waals surface area contributed by atoms with Crippen molar-refractivity contribution in [2.75, 3.05) is 31.5 Å². The molecule has 33 heavy (non-hydrogen) atoms. The van der Waals surface area contributed by atoms with Gasteiger partial charge in [-0.2, -0.15) is 0 Å². The van der Waals surface area contributed by atoms with Gasteiger partial charge in [0.2, 0.25) is 5.91 Å². The van der Waals surface area contributed by atoms with Gasteiger partial charge in [-0.3, -0.25) is 9.59 Å². The van der Waals surface area contributed by atoms with Gasteiger partial charge in [0.05, 0.1) is 16.0 Å². The first kappa shape index (κ1) is 23.0. The van der Waals surface area contributed by atoms with Gasteiger partial charge in [0.25, 0.3) is 5.91 Å². The molecule has 1 aromatic carbocycles. The fraction of sp³-hybridized carbons (Fsp3) is 0.318. The third-order valence-corrected chi connectivity index (χ3v) is 7.12. The molecule has 0 unspecified atom stereocenters. The van der Waals surface area contributed by atoms with E-state index in [1.807, 2.05) is 19.9 Å². The number of hydrogen-bond acceptors (Lipinski definition) is 9. The maximum absolute atomic E-state index is 13.0. The Morgan fingerprint density at radius 2 is 1.82 bits per heavy atom. The lowest BCUT2D eigenvalue weighted by Crippen LogP contribution is -2.50. The maximum atomic E-state index is 13.0. The summed E-state index contributed by atoms with van der Waals surface area (Å²) in [6.07, 6.45) is 1.76. The molecule has 4 rings (SSSR count). The first-order chi connectivity index (χ1) is 15.8. The van der Waals surface area contributed by atoms with Gasteiger partial charge in [-0.25, -0.2) is 15.0 Å². The summed E-state index contributed by atoms with van der Waals surface area (Å²) < 4.78 is 0.930. The van der Waals surface area contributed by atoms with E-state index in [0.717, 1.165) is 14.8 Å². The highest BCUT2D eigenvalue weighted by Crippen LogP contribution is 2.36. The lowest BCUT2D eigenvalue weighted by atomic mass is 10.1. The predicted octanol–water partition coefficient (Wildman–Crippen LogP) is 3.45. The first-order valence-electron chi connectivity index (χ1n) is 10.4. The zero-order valence-electron chi connectivity index (χ0n) is 18.5. The molecule has 1 fully saturated rings. The summed E-state index contributed by atoms with van der Waals surface area (Å²) in [7, 11) is 0. The number of nitrogens with zero attached hydrogens (tertiary/aromatic N) is 5. The van der Waals surface area contributed by atoms with Crippen molar-refractivity contribution in [3.8, 4) is 5.75 Å². The molecule has 2 aromatic heterocycles. The van der Waals surface area contributed by atoms with E-state index in [1.54, 1.807) is 28.1 Å². The number of thiazole rings is 1. The molecule has 1 aliphatic heterocycles. The van der Waals surface area contributed by atoms with E-state index >= 15 is 0 Å². The van der Waals surface area contributed by atoms with Crippen LogP contribution in [-0.2, 0) is 4.79 Å². The number of phenols is 1. The van der Waals surface area contributed by atoms with Gasteiger partial charge in [-0.05, 0) is 32.0 Å². The highest BCUT2D eigenvalue weighted by Gasteiger charge is 2.25. The number of carbonyl (C=O) groups is 2. The number of aryl methyl sites for hydroxylation is 2. The van der Waals surface area contributed by atoms with Crippen LogP contribution in [0, 0.1) is 13.8 Å². The van der Waals surface area contributed by atoms with Crippen molar-refractivity contribution in [2.45, 2.75) is 29.9 Å². The molecular formula is C22H24N6O3S2. The molecule has 0 saturated carbocycles. The van der Waals surface area contributed by atoms with Gasteiger partial charge in [0, 0.05) is 49.8 Å². The van der Waals surface area contributed by atoms with Crippen LogP contribution in [0.4, 0.5) is 10.9 Å². The molecule has 0 aliphatic carbocycles. The molecule has 3 heterocycles. The van der Waals surface area contributed by atoms with Crippen LogP contribution in [0.1, 0.15) is 28.8 Å². The van der Waals surface area contributed by atoms with Crippen LogP contribution in [0.3, 0.4) is 0 Å². The third kappa shape index (κ3) is 5.60. The summed E-state index contributed by atoms with van der Waals surface area (Å²) >= 11 is 2.93. The number of nitrogens with one attached hydrogen (secondary N) is 1. The Balaban J connectivity index is 1.44. The number of anilines is 2. The Labute approximate surface area is 199 Å². The number of phenolic OH excluding ortho intramolecular Hbond substituents is 1. The van der Waals surface area contributed by atoms with E-state index in [-0.39, 0.29) is 23.1 Å². The smallest absolute Gasteiger partial charge is 0.257 e. The van der Waals surface area contributed by atoms with Crippen molar-refractivity contribution in [3.63, 3.8) is 0 Å². The minimum atomic E-state index is -0.237. The van der Waals surface area contributed by atoms with Crippen LogP contribution in [0.5, 0.6) is 5.75 Å². The molecule has 0 radical (unpaired) electrons. The van der Waals surface area contributed by atoms with Crippen molar-refractivity contribution in [1.82, 2.24) is 24.8 Å². The normalized spacial score (nSPS) is 13.8. The fourth-order valence-corrected chi connectivity index (χ4v) is 5.42. The number of aromatic hydroxyl groups is 1. The number of benzene rings is 1. The SMILES string of the molecule is CC(=O)N1CCN(C(=O)c2cc(Sc3cnc(Nc4cc(C)nc(C)n4)s3)ccc2O)CC1. The largest absolute Gasteiger partial charge is 0.507 e. The first-order valence-corrected chi connectivity index (χ1v) is 12.0. The predicted molar refractivity (Wildman–Crippen MR) is 127 cm³/mol. The van der Waals surface area contributed by atoms with Gasteiger partial charge in [-0.1, -0.05) is 23.1 Å².